The van der Waals surface area contributed by atoms with Gasteiger partial charge in [0.2, 0.25) is 5.91 Å². The van der Waals surface area contributed by atoms with Crippen LogP contribution in [0.4, 0.5) is 0 Å². The second kappa shape index (κ2) is 10.2. The lowest BCUT2D eigenvalue weighted by Crippen LogP contribution is -2.45. The van der Waals surface area contributed by atoms with Crippen LogP contribution in [0.25, 0.3) is 10.2 Å². The standard InChI is InChI=1S/C16H21N3O2S.2ClH/c1-11(18-15(20)9-12-10-21-7-6-17-12)8-16-19-13-4-2-3-5-14(13)22-16;;/h2-5,11-12,17H,6-10H2,1H3,(H,18,20);2*1H. The van der Waals surface area contributed by atoms with Crippen LogP contribution in [0.1, 0.15) is 18.4 Å². The van der Waals surface area contributed by atoms with Crippen molar-refractivity contribution in [2.45, 2.75) is 31.8 Å². The molecule has 2 aromatic rings. The largest absolute Gasteiger partial charge is 0.378 e. The van der Waals surface area contributed by atoms with E-state index in [4.69, 9.17) is 4.74 Å². The molecule has 2 atom stereocenters. The molecule has 2 heterocycles. The minimum absolute atomic E-state index is 0. The summed E-state index contributed by atoms with van der Waals surface area (Å²) in [6, 6.07) is 8.33. The molecule has 1 fully saturated rings. The summed E-state index contributed by atoms with van der Waals surface area (Å²) < 4.78 is 6.56. The van der Waals surface area contributed by atoms with E-state index in [1.807, 2.05) is 25.1 Å². The van der Waals surface area contributed by atoms with Gasteiger partial charge in [-0.15, -0.1) is 36.2 Å². The Bertz CT molecular complexity index is 614. The molecule has 134 valence electrons. The molecule has 5 nitrogen and oxygen atoms in total. The fraction of sp³-hybridized carbons (Fsp3) is 0.500. The molecule has 2 unspecified atom stereocenters. The number of carbonyl (C=O) groups excluding carboxylic acids is 1. The van der Waals surface area contributed by atoms with Gasteiger partial charge in [-0.05, 0) is 19.1 Å². The van der Waals surface area contributed by atoms with Crippen molar-refractivity contribution >= 4 is 52.3 Å². The highest BCUT2D eigenvalue weighted by Crippen LogP contribution is 2.22. The summed E-state index contributed by atoms with van der Waals surface area (Å²) in [5, 5.41) is 7.41. The number of morpholine rings is 1. The van der Waals surface area contributed by atoms with E-state index in [1.54, 1.807) is 11.3 Å². The first-order chi connectivity index (χ1) is 10.7. The second-order valence-electron chi connectivity index (χ2n) is 5.68. The Balaban J connectivity index is 0.00000144. The minimum Gasteiger partial charge on any atom is -0.378 e. The lowest BCUT2D eigenvalue weighted by Gasteiger charge is -2.24. The number of aromatic nitrogens is 1. The van der Waals surface area contributed by atoms with Crippen LogP contribution in [0.15, 0.2) is 24.3 Å². The number of ether oxygens (including phenoxy) is 1. The van der Waals surface area contributed by atoms with Crippen LogP contribution >= 0.6 is 36.2 Å². The van der Waals surface area contributed by atoms with Gasteiger partial charge >= 0.3 is 0 Å². The van der Waals surface area contributed by atoms with Gasteiger partial charge in [0.1, 0.15) is 0 Å². The van der Waals surface area contributed by atoms with Crippen molar-refractivity contribution in [2.75, 3.05) is 19.8 Å². The first kappa shape index (κ1) is 21.1. The number of hydrogen-bond acceptors (Lipinski definition) is 5. The summed E-state index contributed by atoms with van der Waals surface area (Å²) in [7, 11) is 0. The zero-order chi connectivity index (χ0) is 15.4. The third-order valence-corrected chi connectivity index (χ3v) is 4.72. The highest BCUT2D eigenvalue weighted by Gasteiger charge is 2.18. The van der Waals surface area contributed by atoms with Crippen LogP contribution in [-0.4, -0.2) is 42.7 Å². The van der Waals surface area contributed by atoms with E-state index in [1.165, 1.54) is 4.70 Å². The number of rotatable bonds is 5. The number of amides is 1. The van der Waals surface area contributed by atoms with E-state index in [0.717, 1.165) is 30.1 Å². The quantitative estimate of drug-likeness (QED) is 0.821. The highest BCUT2D eigenvalue weighted by atomic mass is 35.5. The van der Waals surface area contributed by atoms with Crippen molar-refractivity contribution in [3.63, 3.8) is 0 Å². The molecule has 3 rings (SSSR count). The summed E-state index contributed by atoms with van der Waals surface area (Å²) in [6.07, 6.45) is 1.23. The Labute approximate surface area is 158 Å². The molecule has 8 heteroatoms. The summed E-state index contributed by atoms with van der Waals surface area (Å²) in [6.45, 7) is 4.18. The van der Waals surface area contributed by atoms with E-state index in [-0.39, 0.29) is 42.8 Å². The average Bonchev–Trinajstić information content (AvgIpc) is 2.89. The van der Waals surface area contributed by atoms with E-state index in [2.05, 4.69) is 21.7 Å². The van der Waals surface area contributed by atoms with Crippen LogP contribution < -0.4 is 10.6 Å². The molecular formula is C16H23Cl2N3O2S. The van der Waals surface area contributed by atoms with Gasteiger partial charge in [0.05, 0.1) is 28.4 Å². The number of benzene rings is 1. The fourth-order valence-electron chi connectivity index (χ4n) is 2.63. The SMILES string of the molecule is CC(Cc1nc2ccccc2s1)NC(=O)CC1COCCN1.Cl.Cl. The van der Waals surface area contributed by atoms with Crippen molar-refractivity contribution in [1.82, 2.24) is 15.6 Å². The van der Waals surface area contributed by atoms with Crippen LogP contribution in [0.5, 0.6) is 0 Å². The van der Waals surface area contributed by atoms with Crippen LogP contribution in [0.2, 0.25) is 0 Å². The third kappa shape index (κ3) is 5.86. The molecule has 2 N–H and O–H groups in total. The molecule has 1 aromatic heterocycles. The maximum atomic E-state index is 12.1. The molecule has 1 aromatic carbocycles. The first-order valence-electron chi connectivity index (χ1n) is 7.65. The number of hydrogen-bond donors (Lipinski definition) is 2. The highest BCUT2D eigenvalue weighted by molar-refractivity contribution is 7.18. The van der Waals surface area contributed by atoms with E-state index in [0.29, 0.717) is 13.0 Å². The molecule has 1 aliphatic rings. The summed E-state index contributed by atoms with van der Waals surface area (Å²) in [5.74, 6) is 0.0663. The predicted molar refractivity (Wildman–Crippen MR) is 103 cm³/mol. The Morgan fingerprint density at radius 3 is 2.96 bits per heavy atom. The van der Waals surface area contributed by atoms with E-state index >= 15 is 0 Å². The van der Waals surface area contributed by atoms with Gasteiger partial charge in [-0.3, -0.25) is 4.79 Å². The van der Waals surface area contributed by atoms with Crippen molar-refractivity contribution in [2.24, 2.45) is 0 Å². The molecule has 0 saturated carbocycles. The van der Waals surface area contributed by atoms with Crippen LogP contribution in [-0.2, 0) is 16.0 Å². The number of carbonyl (C=O) groups is 1. The summed E-state index contributed by atoms with van der Waals surface area (Å²) >= 11 is 1.69. The van der Waals surface area contributed by atoms with Crippen molar-refractivity contribution in [1.29, 1.82) is 0 Å². The van der Waals surface area contributed by atoms with Crippen molar-refractivity contribution < 1.29 is 9.53 Å². The van der Waals surface area contributed by atoms with Crippen LogP contribution in [0.3, 0.4) is 0 Å². The monoisotopic (exact) mass is 391 g/mol. The maximum Gasteiger partial charge on any atom is 0.221 e. The molecule has 24 heavy (non-hydrogen) atoms. The van der Waals surface area contributed by atoms with Gasteiger partial charge in [-0.2, -0.15) is 0 Å². The normalized spacial score (nSPS) is 18.3. The van der Waals surface area contributed by atoms with Gasteiger partial charge in [0, 0.05) is 31.5 Å². The lowest BCUT2D eigenvalue weighted by molar-refractivity contribution is -0.122. The van der Waals surface area contributed by atoms with Gasteiger partial charge < -0.3 is 15.4 Å². The number of nitrogens with one attached hydrogen (secondary N) is 2. The fourth-order valence-corrected chi connectivity index (χ4v) is 3.72. The summed E-state index contributed by atoms with van der Waals surface area (Å²) in [5.41, 5.74) is 1.03. The molecule has 0 radical (unpaired) electrons. The number of nitrogens with zero attached hydrogens (tertiary/aromatic N) is 1. The minimum atomic E-state index is 0. The Kier molecular flexibility index (Phi) is 8.94. The van der Waals surface area contributed by atoms with Crippen molar-refractivity contribution in [3.05, 3.63) is 29.3 Å². The van der Waals surface area contributed by atoms with Crippen molar-refractivity contribution in [3.8, 4) is 0 Å². The second-order valence-corrected chi connectivity index (χ2v) is 6.79. The Hall–Kier alpha value is -0.920. The molecule has 0 spiro atoms. The third-order valence-electron chi connectivity index (χ3n) is 3.66. The predicted octanol–water partition coefficient (Wildman–Crippen LogP) is 2.57. The summed E-state index contributed by atoms with van der Waals surface area (Å²) in [4.78, 5) is 16.7. The number of thiazole rings is 1. The zero-order valence-electron chi connectivity index (χ0n) is 13.5. The molecule has 1 amide bonds. The topological polar surface area (TPSA) is 63.2 Å². The average molecular weight is 392 g/mol. The number of para-hydroxylation sites is 1. The van der Waals surface area contributed by atoms with Gasteiger partial charge in [0.15, 0.2) is 0 Å². The van der Waals surface area contributed by atoms with Gasteiger partial charge in [-0.1, -0.05) is 12.1 Å². The zero-order valence-corrected chi connectivity index (χ0v) is 15.9. The van der Waals surface area contributed by atoms with Crippen LogP contribution in [0, 0.1) is 0 Å². The molecule has 0 bridgehead atoms. The van der Waals surface area contributed by atoms with E-state index in [9.17, 15) is 4.79 Å². The Morgan fingerprint density at radius 2 is 2.25 bits per heavy atom. The van der Waals surface area contributed by atoms with Gasteiger partial charge in [0.25, 0.3) is 0 Å². The van der Waals surface area contributed by atoms with Gasteiger partial charge in [-0.25, -0.2) is 4.98 Å². The molecule has 1 aliphatic heterocycles. The molecule has 0 aliphatic carbocycles. The maximum absolute atomic E-state index is 12.1. The van der Waals surface area contributed by atoms with E-state index < -0.39 is 0 Å². The first-order valence-corrected chi connectivity index (χ1v) is 8.47. The molecular weight excluding hydrogens is 369 g/mol. The smallest absolute Gasteiger partial charge is 0.221 e. The Morgan fingerprint density at radius 1 is 1.46 bits per heavy atom. The lowest BCUT2D eigenvalue weighted by atomic mass is 10.1. The number of fused-ring (bicyclic) bond motifs is 1. The number of halogens is 2. The molecule has 1 saturated heterocycles.